The van der Waals surface area contributed by atoms with Crippen molar-refractivity contribution in [2.75, 3.05) is 17.6 Å². The summed E-state index contributed by atoms with van der Waals surface area (Å²) in [7, 11) is 0. The van der Waals surface area contributed by atoms with E-state index in [1.807, 2.05) is 49.4 Å². The number of amides is 2. The first-order chi connectivity index (χ1) is 11.1. The van der Waals surface area contributed by atoms with Gasteiger partial charge in [0, 0.05) is 9.37 Å². The number of hydrogen-bond acceptors (Lipinski definition) is 3. The lowest BCUT2D eigenvalue weighted by molar-refractivity contribution is -0.122. The maximum Gasteiger partial charge on any atom is 0.243 e. The lowest BCUT2D eigenvalue weighted by Gasteiger charge is -2.09. The van der Waals surface area contributed by atoms with E-state index < -0.39 is 0 Å². The summed E-state index contributed by atoms with van der Waals surface area (Å²) >= 11 is 4.82. The number of thioether (sulfide) groups is 1. The summed E-state index contributed by atoms with van der Waals surface area (Å²) in [5.41, 5.74) is 1.82. The van der Waals surface area contributed by atoms with Gasteiger partial charge in [0.05, 0.1) is 18.0 Å². The summed E-state index contributed by atoms with van der Waals surface area (Å²) in [5.74, 6) is -0.139. The van der Waals surface area contributed by atoms with Crippen LogP contribution in [0.3, 0.4) is 0 Å². The van der Waals surface area contributed by atoms with Crippen molar-refractivity contribution in [1.29, 1.82) is 0 Å². The molecule has 0 aliphatic rings. The first kappa shape index (κ1) is 17.6. The smallest absolute Gasteiger partial charge is 0.243 e. The molecule has 2 aromatic rings. The Morgan fingerprint density at radius 3 is 2.48 bits per heavy atom. The molecule has 0 aliphatic heterocycles. The van der Waals surface area contributed by atoms with E-state index in [0.717, 1.165) is 14.9 Å². The second kappa shape index (κ2) is 8.74. The highest BCUT2D eigenvalue weighted by atomic mass is 79.9. The normalized spacial score (nSPS) is 10.2. The zero-order chi connectivity index (χ0) is 16.7. The Balaban J connectivity index is 1.75. The summed E-state index contributed by atoms with van der Waals surface area (Å²) in [5, 5.41) is 5.37. The van der Waals surface area contributed by atoms with Crippen LogP contribution in [-0.4, -0.2) is 24.1 Å². The van der Waals surface area contributed by atoms with Gasteiger partial charge in [0.25, 0.3) is 0 Å². The number of benzene rings is 2. The minimum absolute atomic E-state index is 0.0471. The topological polar surface area (TPSA) is 58.2 Å². The van der Waals surface area contributed by atoms with Gasteiger partial charge in [-0.25, -0.2) is 0 Å². The van der Waals surface area contributed by atoms with Crippen LogP contribution in [0.4, 0.5) is 5.69 Å². The summed E-state index contributed by atoms with van der Waals surface area (Å²) in [4.78, 5) is 24.7. The van der Waals surface area contributed by atoms with Crippen LogP contribution in [0.2, 0.25) is 0 Å². The van der Waals surface area contributed by atoms with E-state index in [9.17, 15) is 9.59 Å². The van der Waals surface area contributed by atoms with E-state index in [2.05, 4.69) is 26.6 Å². The highest BCUT2D eigenvalue weighted by Gasteiger charge is 2.08. The van der Waals surface area contributed by atoms with Crippen LogP contribution >= 0.6 is 27.7 Å². The van der Waals surface area contributed by atoms with E-state index >= 15 is 0 Å². The third kappa shape index (κ3) is 5.73. The lowest BCUT2D eigenvalue weighted by atomic mass is 10.2. The van der Waals surface area contributed by atoms with Crippen molar-refractivity contribution in [2.45, 2.75) is 11.8 Å². The fourth-order valence-corrected chi connectivity index (χ4v) is 3.09. The number of carbonyl (C=O) groups excluding carboxylic acids is 2. The standard InChI is InChI=1S/C17H17BrN2O2S/c1-12-6-2-5-9-15(12)23-11-17(22)19-10-16(21)20-14-8-4-3-7-13(14)18/h2-9H,10-11H2,1H3,(H,19,22)(H,20,21). The Morgan fingerprint density at radius 1 is 1.04 bits per heavy atom. The minimum Gasteiger partial charge on any atom is -0.346 e. The molecule has 0 aliphatic carbocycles. The van der Waals surface area contributed by atoms with Gasteiger partial charge < -0.3 is 10.6 Å². The zero-order valence-corrected chi connectivity index (χ0v) is 15.0. The van der Waals surface area contributed by atoms with Gasteiger partial charge in [-0.3, -0.25) is 9.59 Å². The molecular weight excluding hydrogens is 376 g/mol. The molecule has 120 valence electrons. The van der Waals surface area contributed by atoms with Gasteiger partial charge in [-0.1, -0.05) is 30.3 Å². The second-order valence-corrected chi connectivity index (χ2v) is 6.73. The van der Waals surface area contributed by atoms with Crippen LogP contribution in [-0.2, 0) is 9.59 Å². The predicted molar refractivity (Wildman–Crippen MR) is 97.7 cm³/mol. The Kier molecular flexibility index (Phi) is 6.67. The van der Waals surface area contributed by atoms with Crippen LogP contribution in [0.25, 0.3) is 0 Å². The molecule has 0 fully saturated rings. The summed E-state index contributed by atoms with van der Waals surface area (Å²) in [6.45, 7) is 1.96. The maximum absolute atomic E-state index is 11.8. The number of para-hydroxylation sites is 1. The molecule has 2 aromatic carbocycles. The van der Waals surface area contributed by atoms with Crippen molar-refractivity contribution in [2.24, 2.45) is 0 Å². The lowest BCUT2D eigenvalue weighted by Crippen LogP contribution is -2.33. The van der Waals surface area contributed by atoms with Gasteiger partial charge in [0.2, 0.25) is 11.8 Å². The van der Waals surface area contributed by atoms with E-state index in [0.29, 0.717) is 5.69 Å². The Labute approximate surface area is 148 Å². The minimum atomic E-state index is -0.258. The first-order valence-electron chi connectivity index (χ1n) is 7.06. The van der Waals surface area contributed by atoms with Crippen LogP contribution in [0.15, 0.2) is 57.9 Å². The molecule has 0 heterocycles. The number of aryl methyl sites for hydroxylation is 1. The van der Waals surface area contributed by atoms with E-state index in [1.165, 1.54) is 11.8 Å². The molecule has 2 rings (SSSR count). The quantitative estimate of drug-likeness (QED) is 0.738. The molecular formula is C17H17BrN2O2S. The number of nitrogens with one attached hydrogen (secondary N) is 2. The van der Waals surface area contributed by atoms with Crippen molar-refractivity contribution in [3.63, 3.8) is 0 Å². The molecule has 0 saturated heterocycles. The Morgan fingerprint density at radius 2 is 1.74 bits per heavy atom. The number of anilines is 1. The molecule has 0 radical (unpaired) electrons. The first-order valence-corrected chi connectivity index (χ1v) is 8.83. The van der Waals surface area contributed by atoms with Crippen molar-refractivity contribution < 1.29 is 9.59 Å². The predicted octanol–water partition coefficient (Wildman–Crippen LogP) is 3.60. The van der Waals surface area contributed by atoms with E-state index in [-0.39, 0.29) is 24.1 Å². The summed E-state index contributed by atoms with van der Waals surface area (Å²) in [6, 6.07) is 15.2. The average molecular weight is 393 g/mol. The number of hydrogen-bond donors (Lipinski definition) is 2. The third-order valence-corrected chi connectivity index (χ3v) is 4.91. The van der Waals surface area contributed by atoms with Crippen LogP contribution in [0.5, 0.6) is 0 Å². The highest BCUT2D eigenvalue weighted by molar-refractivity contribution is 9.10. The van der Waals surface area contributed by atoms with Gasteiger partial charge in [0.1, 0.15) is 0 Å². The molecule has 0 unspecified atom stereocenters. The van der Waals surface area contributed by atoms with Gasteiger partial charge in [0.15, 0.2) is 0 Å². The molecule has 0 aromatic heterocycles. The van der Waals surface area contributed by atoms with Gasteiger partial charge in [-0.05, 0) is 46.6 Å². The van der Waals surface area contributed by atoms with Crippen molar-refractivity contribution in [3.8, 4) is 0 Å². The molecule has 6 heteroatoms. The number of halogens is 1. The molecule has 0 bridgehead atoms. The molecule has 0 spiro atoms. The van der Waals surface area contributed by atoms with Gasteiger partial charge in [-0.2, -0.15) is 0 Å². The Hall–Kier alpha value is -1.79. The van der Waals surface area contributed by atoms with Gasteiger partial charge >= 0.3 is 0 Å². The van der Waals surface area contributed by atoms with Gasteiger partial charge in [-0.15, -0.1) is 11.8 Å². The van der Waals surface area contributed by atoms with Crippen LogP contribution in [0, 0.1) is 6.92 Å². The second-order valence-electron chi connectivity index (χ2n) is 4.86. The highest BCUT2D eigenvalue weighted by Crippen LogP contribution is 2.22. The van der Waals surface area contributed by atoms with Crippen molar-refractivity contribution in [3.05, 3.63) is 58.6 Å². The molecule has 4 nitrogen and oxygen atoms in total. The molecule has 2 amide bonds. The molecule has 0 saturated carbocycles. The Bertz CT molecular complexity index is 706. The zero-order valence-electron chi connectivity index (χ0n) is 12.6. The van der Waals surface area contributed by atoms with Crippen molar-refractivity contribution in [1.82, 2.24) is 5.32 Å². The van der Waals surface area contributed by atoms with Crippen molar-refractivity contribution >= 4 is 45.2 Å². The number of rotatable bonds is 6. The summed E-state index contributed by atoms with van der Waals surface area (Å²) < 4.78 is 0.801. The fraction of sp³-hybridized carbons (Fsp3) is 0.176. The van der Waals surface area contributed by atoms with Crippen LogP contribution in [0.1, 0.15) is 5.56 Å². The SMILES string of the molecule is Cc1ccccc1SCC(=O)NCC(=O)Nc1ccccc1Br. The average Bonchev–Trinajstić information content (AvgIpc) is 2.54. The molecule has 23 heavy (non-hydrogen) atoms. The monoisotopic (exact) mass is 392 g/mol. The summed E-state index contributed by atoms with van der Waals surface area (Å²) in [6.07, 6.45) is 0. The van der Waals surface area contributed by atoms with Crippen LogP contribution < -0.4 is 10.6 Å². The fourth-order valence-electron chi connectivity index (χ4n) is 1.85. The third-order valence-electron chi connectivity index (χ3n) is 3.05. The maximum atomic E-state index is 11.8. The largest absolute Gasteiger partial charge is 0.346 e. The molecule has 2 N–H and O–H groups in total. The van der Waals surface area contributed by atoms with E-state index in [1.54, 1.807) is 6.07 Å². The van der Waals surface area contributed by atoms with E-state index in [4.69, 9.17) is 0 Å². The molecule has 0 atom stereocenters. The number of carbonyl (C=O) groups is 2.